The van der Waals surface area contributed by atoms with Gasteiger partial charge in [-0.1, -0.05) is 19.8 Å². The summed E-state index contributed by atoms with van der Waals surface area (Å²) in [6.45, 7) is 6.04. The van der Waals surface area contributed by atoms with Gasteiger partial charge in [-0.05, 0) is 32.2 Å². The van der Waals surface area contributed by atoms with Crippen LogP contribution in [0.4, 0.5) is 0 Å². The van der Waals surface area contributed by atoms with Gasteiger partial charge in [0, 0.05) is 19.1 Å². The summed E-state index contributed by atoms with van der Waals surface area (Å²) in [4.78, 5) is 0. The SMILES string of the molecule is CNCC1(OCC2CCOC2)CCCC(C)C1. The second kappa shape index (κ2) is 6.17. The van der Waals surface area contributed by atoms with Gasteiger partial charge in [-0.3, -0.25) is 0 Å². The Morgan fingerprint density at radius 2 is 2.29 bits per heavy atom. The normalized spacial score (nSPS) is 38.5. The molecule has 1 aliphatic carbocycles. The second-order valence-electron chi connectivity index (χ2n) is 5.96. The van der Waals surface area contributed by atoms with Gasteiger partial charge in [-0.15, -0.1) is 0 Å². The van der Waals surface area contributed by atoms with E-state index in [0.29, 0.717) is 5.92 Å². The minimum absolute atomic E-state index is 0.0923. The summed E-state index contributed by atoms with van der Waals surface area (Å²) in [5.41, 5.74) is 0.0923. The number of rotatable bonds is 5. The van der Waals surface area contributed by atoms with E-state index in [1.165, 1.54) is 32.1 Å². The van der Waals surface area contributed by atoms with Gasteiger partial charge < -0.3 is 14.8 Å². The Morgan fingerprint density at radius 1 is 1.41 bits per heavy atom. The lowest BCUT2D eigenvalue weighted by atomic mass is 9.78. The van der Waals surface area contributed by atoms with E-state index in [1.54, 1.807) is 0 Å². The maximum absolute atomic E-state index is 6.32. The Bertz CT molecular complexity index is 224. The molecule has 0 aromatic heterocycles. The highest BCUT2D eigenvalue weighted by atomic mass is 16.5. The molecule has 1 N–H and O–H groups in total. The van der Waals surface area contributed by atoms with Gasteiger partial charge >= 0.3 is 0 Å². The molecule has 100 valence electrons. The quantitative estimate of drug-likeness (QED) is 0.800. The van der Waals surface area contributed by atoms with E-state index < -0.39 is 0 Å². The van der Waals surface area contributed by atoms with Crippen molar-refractivity contribution in [1.82, 2.24) is 5.32 Å². The summed E-state index contributed by atoms with van der Waals surface area (Å²) in [7, 11) is 2.03. The molecule has 1 heterocycles. The zero-order valence-electron chi connectivity index (χ0n) is 11.3. The average Bonchev–Trinajstić information content (AvgIpc) is 2.80. The fourth-order valence-corrected chi connectivity index (χ4v) is 3.29. The van der Waals surface area contributed by atoms with Crippen molar-refractivity contribution in [3.63, 3.8) is 0 Å². The molecule has 1 aliphatic heterocycles. The molecule has 3 nitrogen and oxygen atoms in total. The molecule has 3 unspecified atom stereocenters. The maximum Gasteiger partial charge on any atom is 0.0808 e. The minimum Gasteiger partial charge on any atom is -0.381 e. The van der Waals surface area contributed by atoms with Crippen molar-refractivity contribution in [2.75, 3.05) is 33.4 Å². The van der Waals surface area contributed by atoms with Crippen LogP contribution in [0.25, 0.3) is 0 Å². The summed E-state index contributed by atoms with van der Waals surface area (Å²) >= 11 is 0. The van der Waals surface area contributed by atoms with Gasteiger partial charge in [0.15, 0.2) is 0 Å². The number of nitrogens with one attached hydrogen (secondary N) is 1. The largest absolute Gasteiger partial charge is 0.381 e. The summed E-state index contributed by atoms with van der Waals surface area (Å²) < 4.78 is 11.7. The van der Waals surface area contributed by atoms with Crippen molar-refractivity contribution in [2.45, 2.75) is 44.6 Å². The molecule has 0 aromatic rings. The van der Waals surface area contributed by atoms with Crippen LogP contribution in [0.3, 0.4) is 0 Å². The van der Waals surface area contributed by atoms with E-state index in [2.05, 4.69) is 12.2 Å². The van der Waals surface area contributed by atoms with E-state index in [9.17, 15) is 0 Å². The molecule has 3 heteroatoms. The van der Waals surface area contributed by atoms with Crippen molar-refractivity contribution in [1.29, 1.82) is 0 Å². The predicted molar refractivity (Wildman–Crippen MR) is 69.2 cm³/mol. The van der Waals surface area contributed by atoms with Crippen molar-refractivity contribution >= 4 is 0 Å². The van der Waals surface area contributed by atoms with Gasteiger partial charge in [-0.25, -0.2) is 0 Å². The van der Waals surface area contributed by atoms with Crippen molar-refractivity contribution in [3.8, 4) is 0 Å². The van der Waals surface area contributed by atoms with Crippen LogP contribution in [-0.2, 0) is 9.47 Å². The smallest absolute Gasteiger partial charge is 0.0808 e. The Hall–Kier alpha value is -0.120. The first-order valence-electron chi connectivity index (χ1n) is 7.10. The number of ether oxygens (including phenoxy) is 2. The van der Waals surface area contributed by atoms with Gasteiger partial charge in [0.2, 0.25) is 0 Å². The lowest BCUT2D eigenvalue weighted by molar-refractivity contribution is -0.0907. The van der Waals surface area contributed by atoms with E-state index in [-0.39, 0.29) is 5.60 Å². The fraction of sp³-hybridized carbons (Fsp3) is 1.00. The first-order valence-corrected chi connectivity index (χ1v) is 7.10. The number of likely N-dealkylation sites (N-methyl/N-ethyl adjacent to an activating group) is 1. The van der Waals surface area contributed by atoms with Crippen LogP contribution < -0.4 is 5.32 Å². The first kappa shape index (κ1) is 13.3. The average molecular weight is 241 g/mol. The lowest BCUT2D eigenvalue weighted by Gasteiger charge is -2.40. The molecule has 2 fully saturated rings. The Labute approximate surface area is 105 Å². The molecule has 17 heavy (non-hydrogen) atoms. The second-order valence-corrected chi connectivity index (χ2v) is 5.96. The molecule has 0 amide bonds. The summed E-state index contributed by atoms with van der Waals surface area (Å²) in [5.74, 6) is 1.43. The molecule has 0 aromatic carbocycles. The van der Waals surface area contributed by atoms with Gasteiger partial charge in [-0.2, -0.15) is 0 Å². The molecule has 2 aliphatic rings. The molecule has 0 radical (unpaired) electrons. The molecule has 2 rings (SSSR count). The van der Waals surface area contributed by atoms with Crippen LogP contribution in [0, 0.1) is 11.8 Å². The molecule has 1 saturated carbocycles. The zero-order valence-corrected chi connectivity index (χ0v) is 11.3. The molecular weight excluding hydrogens is 214 g/mol. The Morgan fingerprint density at radius 3 is 2.94 bits per heavy atom. The lowest BCUT2D eigenvalue weighted by Crippen LogP contribution is -2.46. The van der Waals surface area contributed by atoms with Gasteiger partial charge in [0.1, 0.15) is 0 Å². The standard InChI is InChI=1S/C14H27NO2/c1-12-4-3-6-14(8-12,11-15-2)17-10-13-5-7-16-9-13/h12-13,15H,3-11H2,1-2H3. The highest BCUT2D eigenvalue weighted by Crippen LogP contribution is 2.35. The Kier molecular flexibility index (Phi) is 4.83. The molecule has 0 spiro atoms. The van der Waals surface area contributed by atoms with Gasteiger partial charge in [0.05, 0.1) is 18.8 Å². The van der Waals surface area contributed by atoms with Crippen molar-refractivity contribution < 1.29 is 9.47 Å². The van der Waals surface area contributed by atoms with Crippen molar-refractivity contribution in [3.05, 3.63) is 0 Å². The van der Waals surface area contributed by atoms with E-state index in [1.807, 2.05) is 7.05 Å². The molecule has 0 bridgehead atoms. The summed E-state index contributed by atoms with van der Waals surface area (Å²) in [6, 6.07) is 0. The monoisotopic (exact) mass is 241 g/mol. The zero-order chi connectivity index (χ0) is 12.1. The fourth-order valence-electron chi connectivity index (χ4n) is 3.29. The summed E-state index contributed by atoms with van der Waals surface area (Å²) in [6.07, 6.45) is 6.27. The third-order valence-corrected chi connectivity index (χ3v) is 4.20. The highest BCUT2D eigenvalue weighted by Gasteiger charge is 2.36. The van der Waals surface area contributed by atoms with E-state index >= 15 is 0 Å². The minimum atomic E-state index is 0.0923. The summed E-state index contributed by atoms with van der Waals surface area (Å²) in [5, 5.41) is 3.32. The van der Waals surface area contributed by atoms with Crippen LogP contribution >= 0.6 is 0 Å². The molecular formula is C14H27NO2. The Balaban J connectivity index is 1.86. The molecule has 3 atom stereocenters. The van der Waals surface area contributed by atoms with Crippen LogP contribution in [-0.4, -0.2) is 39.0 Å². The topological polar surface area (TPSA) is 30.5 Å². The third-order valence-electron chi connectivity index (χ3n) is 4.20. The van der Waals surface area contributed by atoms with Crippen LogP contribution in [0.5, 0.6) is 0 Å². The van der Waals surface area contributed by atoms with Crippen LogP contribution in [0.1, 0.15) is 39.0 Å². The van der Waals surface area contributed by atoms with E-state index in [4.69, 9.17) is 9.47 Å². The predicted octanol–water partition coefficient (Wildman–Crippen LogP) is 2.21. The number of hydrogen-bond acceptors (Lipinski definition) is 3. The molecule has 1 saturated heterocycles. The van der Waals surface area contributed by atoms with Crippen LogP contribution in [0.15, 0.2) is 0 Å². The third kappa shape index (κ3) is 3.67. The maximum atomic E-state index is 6.32. The highest BCUT2D eigenvalue weighted by molar-refractivity contribution is 4.89. The van der Waals surface area contributed by atoms with Gasteiger partial charge in [0.25, 0.3) is 0 Å². The van der Waals surface area contributed by atoms with E-state index in [0.717, 1.165) is 32.3 Å². The number of hydrogen-bond donors (Lipinski definition) is 1. The van der Waals surface area contributed by atoms with Crippen LogP contribution in [0.2, 0.25) is 0 Å². The first-order chi connectivity index (χ1) is 8.24. The van der Waals surface area contributed by atoms with Crippen molar-refractivity contribution in [2.24, 2.45) is 11.8 Å².